The molecule has 0 saturated carbocycles. The number of hydrogen-bond acceptors (Lipinski definition) is 5. The number of carbonyl (C=O) groups is 2. The van der Waals surface area contributed by atoms with Gasteiger partial charge in [-0.1, -0.05) is 48.5 Å². The van der Waals surface area contributed by atoms with Gasteiger partial charge in [-0.3, -0.25) is 9.97 Å². The van der Waals surface area contributed by atoms with Crippen LogP contribution in [-0.2, 0) is 19.5 Å². The number of aromatic carboxylic acids is 2. The van der Waals surface area contributed by atoms with Gasteiger partial charge in [-0.2, -0.15) is 0 Å². The molecule has 6 aromatic rings. The van der Waals surface area contributed by atoms with Crippen molar-refractivity contribution >= 4 is 24.3 Å². The number of rotatable bonds is 6. The molecule has 6 rings (SSSR count). The molecular weight excluding hydrogens is 663 g/mol. The summed E-state index contributed by atoms with van der Waals surface area (Å²) in [6.07, 6.45) is 5.24. The first kappa shape index (κ1) is 33.5. The number of halogens is 1. The molecule has 1 radical (unpaired) electrons. The number of carboxylic acid groups (broad SMARTS) is 2. The van der Waals surface area contributed by atoms with Crippen molar-refractivity contribution in [3.05, 3.63) is 151 Å². The van der Waals surface area contributed by atoms with Gasteiger partial charge in [-0.05, 0) is 59.3 Å². The van der Waals surface area contributed by atoms with Crippen molar-refractivity contribution in [3.8, 4) is 44.9 Å². The van der Waals surface area contributed by atoms with Crippen LogP contribution in [0.2, 0.25) is 0 Å². The van der Waals surface area contributed by atoms with E-state index in [4.69, 9.17) is 10.2 Å². The minimum absolute atomic E-state index is 0. The molecule has 2 N–H and O–H groups in total. The van der Waals surface area contributed by atoms with E-state index in [-0.39, 0.29) is 43.0 Å². The summed E-state index contributed by atoms with van der Waals surface area (Å²) < 4.78 is 0. The van der Waals surface area contributed by atoms with Crippen LogP contribution in [0, 0.1) is 6.07 Å². The van der Waals surface area contributed by atoms with Gasteiger partial charge in [-0.25, -0.2) is 9.59 Å². The Bertz CT molecular complexity index is 1650. The van der Waals surface area contributed by atoms with Gasteiger partial charge in [0.1, 0.15) is 0 Å². The van der Waals surface area contributed by atoms with Gasteiger partial charge < -0.3 is 15.2 Å². The van der Waals surface area contributed by atoms with E-state index in [2.05, 4.69) is 21.0 Å². The van der Waals surface area contributed by atoms with Gasteiger partial charge in [0.15, 0.2) is 0 Å². The van der Waals surface area contributed by atoms with Gasteiger partial charge in [0.05, 0.1) is 22.5 Å². The van der Waals surface area contributed by atoms with Crippen LogP contribution in [0.5, 0.6) is 0 Å². The number of hydrogen-bond donors (Lipinski definition) is 2. The number of carboxylic acids is 2. The van der Waals surface area contributed by atoms with Crippen LogP contribution in [0.1, 0.15) is 20.7 Å². The van der Waals surface area contributed by atoms with E-state index >= 15 is 0 Å². The molecular formula is C35H25ClN3O4Ru. The smallest absolute Gasteiger partial charge is 0.478 e. The zero-order chi connectivity index (χ0) is 29.3. The summed E-state index contributed by atoms with van der Waals surface area (Å²) in [4.78, 5) is 35.1. The van der Waals surface area contributed by atoms with Gasteiger partial charge in [0, 0.05) is 29.7 Å². The Hall–Kier alpha value is -5.04. The number of aromatic nitrogens is 3. The molecule has 44 heavy (non-hydrogen) atoms. The predicted molar refractivity (Wildman–Crippen MR) is 168 cm³/mol. The molecule has 0 amide bonds. The summed E-state index contributed by atoms with van der Waals surface area (Å²) in [6.45, 7) is 0. The normalized spacial score (nSPS) is 9.82. The Balaban J connectivity index is 0.000000318. The van der Waals surface area contributed by atoms with Crippen LogP contribution in [0.15, 0.2) is 134 Å². The second-order valence-corrected chi connectivity index (χ2v) is 9.12. The molecule has 0 spiro atoms. The zero-order valence-corrected chi connectivity index (χ0v) is 25.6. The van der Waals surface area contributed by atoms with Crippen LogP contribution in [0.4, 0.5) is 0 Å². The van der Waals surface area contributed by atoms with E-state index in [1.165, 1.54) is 0 Å². The van der Waals surface area contributed by atoms with Crippen LogP contribution in [0.3, 0.4) is 0 Å². The topological polar surface area (TPSA) is 113 Å². The molecule has 0 atom stereocenters. The van der Waals surface area contributed by atoms with Crippen LogP contribution >= 0.6 is 12.4 Å². The first-order valence-corrected chi connectivity index (χ1v) is 13.0. The third kappa shape index (κ3) is 8.51. The van der Waals surface area contributed by atoms with E-state index in [1.54, 1.807) is 67.1 Å². The third-order valence-electron chi connectivity index (χ3n) is 6.37. The fourth-order valence-electron chi connectivity index (χ4n) is 4.12. The number of nitrogens with zero attached hydrogens (tertiary/aromatic N) is 3. The molecule has 219 valence electrons. The maximum absolute atomic E-state index is 11.0. The van der Waals surface area contributed by atoms with Crippen molar-refractivity contribution in [2.24, 2.45) is 0 Å². The van der Waals surface area contributed by atoms with Crippen molar-refractivity contribution in [1.82, 2.24) is 15.0 Å². The first-order valence-electron chi connectivity index (χ1n) is 13.0. The monoisotopic (exact) mass is 688 g/mol. The van der Waals surface area contributed by atoms with E-state index < -0.39 is 11.9 Å². The molecule has 0 aliphatic heterocycles. The zero-order valence-electron chi connectivity index (χ0n) is 23.0. The molecule has 0 unspecified atom stereocenters. The van der Waals surface area contributed by atoms with Crippen LogP contribution < -0.4 is 0 Å². The molecule has 0 saturated heterocycles. The summed E-state index contributed by atoms with van der Waals surface area (Å²) in [5.41, 5.74) is 7.45. The second kappa shape index (κ2) is 16.0. The molecule has 9 heteroatoms. The summed E-state index contributed by atoms with van der Waals surface area (Å²) in [5.74, 6) is -1.91. The fraction of sp³-hybridized carbons (Fsp3) is 0. The average Bonchev–Trinajstić information content (AvgIpc) is 3.06. The molecule has 3 aromatic heterocycles. The maximum Gasteiger partial charge on any atom is 1.00 e. The molecule has 0 bridgehead atoms. The number of benzene rings is 3. The van der Waals surface area contributed by atoms with Crippen molar-refractivity contribution in [2.75, 3.05) is 0 Å². The standard InChI is InChI=1S/C24H16N2O4.C11H8N.ClH.Ru/c27-23(28)17-5-1-15(2-6-17)19-9-11-21(25-13-19)22-12-10-20(14-26-22)16-3-7-18(8-4-16)24(29)30;1-2-6-10(7-3-1)11-8-4-5-9-12-11;;/h1-14H,(H,27,28)(H,29,30);1-6,8-9H;1H;/q;-1;;+1. The Kier molecular flexibility index (Phi) is 12.2. The van der Waals surface area contributed by atoms with E-state index in [0.29, 0.717) is 11.4 Å². The summed E-state index contributed by atoms with van der Waals surface area (Å²) >= 11 is 0. The van der Waals surface area contributed by atoms with E-state index in [0.717, 1.165) is 33.5 Å². The predicted octanol–water partition coefficient (Wildman–Crippen LogP) is 7.84. The minimum atomic E-state index is -0.956. The Morgan fingerprint density at radius 3 is 1.36 bits per heavy atom. The Labute approximate surface area is 273 Å². The fourth-order valence-corrected chi connectivity index (χ4v) is 4.12. The van der Waals surface area contributed by atoms with E-state index in [9.17, 15) is 9.59 Å². The van der Waals surface area contributed by atoms with Crippen molar-refractivity contribution < 1.29 is 39.3 Å². The van der Waals surface area contributed by atoms with Crippen LogP contribution in [-0.4, -0.2) is 37.1 Å². The third-order valence-corrected chi connectivity index (χ3v) is 6.37. The largest absolute Gasteiger partial charge is 1.00 e. The number of pyridine rings is 3. The SMILES string of the molecule is Cl.O=C(O)c1ccc(-c2ccc(-c3ccc(-c4ccc(C(=O)O)cc4)cn3)nc2)cc1.[Ru+].[c-]1ccccc1-c1ccccn1. The molecule has 0 aliphatic carbocycles. The van der Waals surface area contributed by atoms with Crippen LogP contribution in [0.25, 0.3) is 44.9 Å². The minimum Gasteiger partial charge on any atom is -0.478 e. The maximum atomic E-state index is 11.0. The van der Waals surface area contributed by atoms with Crippen molar-refractivity contribution in [2.45, 2.75) is 0 Å². The molecule has 3 heterocycles. The molecule has 0 fully saturated rings. The second-order valence-electron chi connectivity index (χ2n) is 9.12. The quantitative estimate of drug-likeness (QED) is 0.135. The summed E-state index contributed by atoms with van der Waals surface area (Å²) in [7, 11) is 0. The molecule has 3 aromatic carbocycles. The summed E-state index contributed by atoms with van der Waals surface area (Å²) in [6, 6.07) is 37.6. The van der Waals surface area contributed by atoms with Gasteiger partial charge in [0.2, 0.25) is 0 Å². The van der Waals surface area contributed by atoms with Gasteiger partial charge >= 0.3 is 31.4 Å². The Morgan fingerprint density at radius 1 is 0.523 bits per heavy atom. The first-order chi connectivity index (χ1) is 20.5. The van der Waals surface area contributed by atoms with E-state index in [1.807, 2.05) is 66.7 Å². The molecule has 7 nitrogen and oxygen atoms in total. The van der Waals surface area contributed by atoms with Gasteiger partial charge in [0.25, 0.3) is 0 Å². The van der Waals surface area contributed by atoms with Crippen molar-refractivity contribution in [3.63, 3.8) is 0 Å². The summed E-state index contributed by atoms with van der Waals surface area (Å²) in [5, 5.41) is 18.0. The Morgan fingerprint density at radius 2 is 1.00 bits per heavy atom. The molecule has 0 aliphatic rings. The van der Waals surface area contributed by atoms with Gasteiger partial charge in [-0.15, -0.1) is 48.3 Å². The average molecular weight is 688 g/mol. The van der Waals surface area contributed by atoms with Crippen molar-refractivity contribution in [1.29, 1.82) is 0 Å².